The van der Waals surface area contributed by atoms with Gasteiger partial charge < -0.3 is 4.74 Å². The van der Waals surface area contributed by atoms with Crippen molar-refractivity contribution in [3.63, 3.8) is 0 Å². The van der Waals surface area contributed by atoms with Crippen molar-refractivity contribution in [3.05, 3.63) is 10.1 Å². The highest BCUT2D eigenvalue weighted by Gasteiger charge is 2.39. The van der Waals surface area contributed by atoms with Crippen LogP contribution in [0.5, 0.6) is 0 Å². The minimum atomic E-state index is -1.75. The van der Waals surface area contributed by atoms with Gasteiger partial charge >= 0.3 is 0 Å². The van der Waals surface area contributed by atoms with E-state index in [2.05, 4.69) is 6.92 Å². The molecule has 4 nitrogen and oxygen atoms in total. The smallest absolute Gasteiger partial charge is 0.233 e. The molecular formula is C10H16Cl3NO3. The van der Waals surface area contributed by atoms with Gasteiger partial charge in [0.15, 0.2) is 6.10 Å². The summed E-state index contributed by atoms with van der Waals surface area (Å²) < 4.78 is 3.82. The Morgan fingerprint density at radius 3 is 2.29 bits per heavy atom. The molecule has 0 spiro atoms. The zero-order chi connectivity index (χ0) is 13.1. The van der Waals surface area contributed by atoms with Gasteiger partial charge in [0, 0.05) is 4.92 Å². The van der Waals surface area contributed by atoms with Gasteiger partial charge in [-0.1, -0.05) is 41.7 Å². The lowest BCUT2D eigenvalue weighted by atomic mass is 9.89. The predicted octanol–water partition coefficient (Wildman–Crippen LogP) is 3.60. The first-order valence-corrected chi connectivity index (χ1v) is 6.76. The van der Waals surface area contributed by atoms with Crippen molar-refractivity contribution < 1.29 is 9.66 Å². The van der Waals surface area contributed by atoms with Gasteiger partial charge in [0.05, 0.1) is 6.10 Å². The molecule has 0 amide bonds. The maximum Gasteiger partial charge on any atom is 0.233 e. The summed E-state index contributed by atoms with van der Waals surface area (Å²) in [7, 11) is 0. The lowest BCUT2D eigenvalue weighted by molar-refractivity contribution is -0.492. The highest BCUT2D eigenvalue weighted by molar-refractivity contribution is 6.68. The van der Waals surface area contributed by atoms with E-state index in [4.69, 9.17) is 39.5 Å². The largest absolute Gasteiger partial charge is 0.364 e. The number of hydrogen-bond acceptors (Lipinski definition) is 3. The average molecular weight is 305 g/mol. The summed E-state index contributed by atoms with van der Waals surface area (Å²) in [5.41, 5.74) is 0. The van der Waals surface area contributed by atoms with Crippen molar-refractivity contribution in [2.75, 3.05) is 6.54 Å². The van der Waals surface area contributed by atoms with Crippen LogP contribution in [0.2, 0.25) is 0 Å². The fraction of sp³-hybridized carbons (Fsp3) is 1.00. The first-order valence-electron chi connectivity index (χ1n) is 5.63. The van der Waals surface area contributed by atoms with Crippen molar-refractivity contribution in [3.8, 4) is 0 Å². The second-order valence-corrected chi connectivity index (χ2v) is 6.93. The molecule has 7 heteroatoms. The summed E-state index contributed by atoms with van der Waals surface area (Å²) in [4.78, 5) is 9.98. The summed E-state index contributed by atoms with van der Waals surface area (Å²) in [6, 6.07) is 0. The highest BCUT2D eigenvalue weighted by Crippen LogP contribution is 2.35. The van der Waals surface area contributed by atoms with Crippen LogP contribution in [-0.4, -0.2) is 27.5 Å². The molecule has 0 bridgehead atoms. The Labute approximate surface area is 116 Å². The van der Waals surface area contributed by atoms with E-state index in [0.29, 0.717) is 5.92 Å². The van der Waals surface area contributed by atoms with Crippen LogP contribution in [-0.2, 0) is 4.74 Å². The van der Waals surface area contributed by atoms with Gasteiger partial charge in [0.25, 0.3) is 0 Å². The molecule has 0 N–H and O–H groups in total. The van der Waals surface area contributed by atoms with Crippen LogP contribution in [0.25, 0.3) is 0 Å². The highest BCUT2D eigenvalue weighted by atomic mass is 35.6. The summed E-state index contributed by atoms with van der Waals surface area (Å²) >= 11 is 17.1. The maximum atomic E-state index is 10.5. The Balaban J connectivity index is 2.51. The molecule has 0 saturated heterocycles. The fourth-order valence-corrected chi connectivity index (χ4v) is 2.32. The van der Waals surface area contributed by atoms with Crippen LogP contribution in [0.15, 0.2) is 0 Å². The molecule has 0 aromatic rings. The fourth-order valence-electron chi connectivity index (χ4n) is 1.96. The van der Waals surface area contributed by atoms with E-state index in [9.17, 15) is 10.1 Å². The SMILES string of the molecule is CC1CCC(OC(C[N+](=O)[O-])C(Cl)(Cl)Cl)CC1. The number of rotatable bonds is 4. The lowest BCUT2D eigenvalue weighted by Gasteiger charge is -2.31. The van der Waals surface area contributed by atoms with Gasteiger partial charge in [0.1, 0.15) is 0 Å². The number of nitro groups is 1. The number of ether oxygens (including phenoxy) is 1. The molecule has 1 fully saturated rings. The average Bonchev–Trinajstić information content (AvgIpc) is 2.18. The molecule has 0 aliphatic heterocycles. The van der Waals surface area contributed by atoms with Crippen LogP contribution in [0.3, 0.4) is 0 Å². The maximum absolute atomic E-state index is 10.5. The van der Waals surface area contributed by atoms with E-state index >= 15 is 0 Å². The Hall–Kier alpha value is 0.230. The Bertz CT molecular complexity index is 262. The molecule has 1 atom stereocenters. The van der Waals surface area contributed by atoms with Crippen LogP contribution in [0.1, 0.15) is 32.6 Å². The number of hydrogen-bond donors (Lipinski definition) is 0. The van der Waals surface area contributed by atoms with Crippen LogP contribution in [0, 0.1) is 16.0 Å². The van der Waals surface area contributed by atoms with E-state index in [0.717, 1.165) is 25.7 Å². The van der Waals surface area contributed by atoms with E-state index in [1.54, 1.807) is 0 Å². The van der Waals surface area contributed by atoms with Crippen LogP contribution < -0.4 is 0 Å². The molecule has 1 rings (SSSR count). The second-order valence-electron chi connectivity index (χ2n) is 4.56. The monoisotopic (exact) mass is 303 g/mol. The van der Waals surface area contributed by atoms with Crippen LogP contribution >= 0.6 is 34.8 Å². The van der Waals surface area contributed by atoms with E-state index in [-0.39, 0.29) is 6.10 Å². The number of nitrogens with zero attached hydrogens (tertiary/aromatic N) is 1. The molecule has 0 radical (unpaired) electrons. The third-order valence-electron chi connectivity index (χ3n) is 3.00. The molecule has 1 aliphatic carbocycles. The van der Waals surface area contributed by atoms with E-state index in [1.807, 2.05) is 0 Å². The van der Waals surface area contributed by atoms with Crippen molar-refractivity contribution in [2.45, 2.75) is 48.6 Å². The zero-order valence-electron chi connectivity index (χ0n) is 9.57. The predicted molar refractivity (Wildman–Crippen MR) is 68.4 cm³/mol. The van der Waals surface area contributed by atoms with Crippen molar-refractivity contribution in [1.29, 1.82) is 0 Å². The van der Waals surface area contributed by atoms with Crippen LogP contribution in [0.4, 0.5) is 0 Å². The molecule has 1 unspecified atom stereocenters. The molecule has 100 valence electrons. The van der Waals surface area contributed by atoms with Gasteiger partial charge in [-0.05, 0) is 31.6 Å². The first-order chi connectivity index (χ1) is 7.79. The standard InChI is InChI=1S/C10H16Cl3NO3/c1-7-2-4-8(5-3-7)17-9(6-14(15)16)10(11,12)13/h7-9H,2-6H2,1H3. The lowest BCUT2D eigenvalue weighted by Crippen LogP contribution is -2.39. The van der Waals surface area contributed by atoms with Gasteiger partial charge in [-0.25, -0.2) is 0 Å². The Morgan fingerprint density at radius 2 is 1.88 bits per heavy atom. The third kappa shape index (κ3) is 5.60. The number of alkyl halides is 3. The van der Waals surface area contributed by atoms with Gasteiger partial charge in [0.2, 0.25) is 10.3 Å². The van der Waals surface area contributed by atoms with Crippen molar-refractivity contribution >= 4 is 34.8 Å². The van der Waals surface area contributed by atoms with Gasteiger partial charge in [-0.15, -0.1) is 0 Å². The molecule has 0 aromatic heterocycles. The van der Waals surface area contributed by atoms with Crippen molar-refractivity contribution in [1.82, 2.24) is 0 Å². The van der Waals surface area contributed by atoms with E-state index < -0.39 is 21.4 Å². The molecule has 0 heterocycles. The summed E-state index contributed by atoms with van der Waals surface area (Å²) in [6.45, 7) is 1.70. The molecular weight excluding hydrogens is 288 g/mol. The Kier molecular flexibility index (Phi) is 5.77. The molecule has 17 heavy (non-hydrogen) atoms. The van der Waals surface area contributed by atoms with Gasteiger partial charge in [-0.2, -0.15) is 0 Å². The number of halogens is 3. The summed E-state index contributed by atoms with van der Waals surface area (Å²) in [5.74, 6) is 0.677. The van der Waals surface area contributed by atoms with Crippen molar-refractivity contribution in [2.24, 2.45) is 5.92 Å². The second kappa shape index (κ2) is 6.41. The first kappa shape index (κ1) is 15.3. The van der Waals surface area contributed by atoms with Gasteiger partial charge in [-0.3, -0.25) is 10.1 Å². The minimum Gasteiger partial charge on any atom is -0.364 e. The summed E-state index contributed by atoms with van der Waals surface area (Å²) in [6.07, 6.45) is 2.82. The molecule has 1 saturated carbocycles. The normalized spacial score (nSPS) is 27.8. The molecule has 0 aromatic carbocycles. The zero-order valence-corrected chi connectivity index (χ0v) is 11.8. The molecule has 1 aliphatic rings. The minimum absolute atomic E-state index is 0.0354. The quantitative estimate of drug-likeness (QED) is 0.453. The Morgan fingerprint density at radius 1 is 1.35 bits per heavy atom. The summed E-state index contributed by atoms with van der Waals surface area (Å²) in [5, 5.41) is 10.5. The van der Waals surface area contributed by atoms with E-state index in [1.165, 1.54) is 0 Å². The topological polar surface area (TPSA) is 52.4 Å². The third-order valence-corrected chi connectivity index (χ3v) is 3.73.